The van der Waals surface area contributed by atoms with Gasteiger partial charge in [0, 0.05) is 12.3 Å². The number of carboxylic acids is 1. The predicted molar refractivity (Wildman–Crippen MR) is 56.7 cm³/mol. The zero-order valence-electron chi connectivity index (χ0n) is 8.31. The summed E-state index contributed by atoms with van der Waals surface area (Å²) < 4.78 is 0. The van der Waals surface area contributed by atoms with Crippen LogP contribution in [-0.4, -0.2) is 46.2 Å². The Hall–Kier alpha value is -0.910. The molecule has 2 rings (SSSR count). The van der Waals surface area contributed by atoms with E-state index in [4.69, 9.17) is 5.11 Å². The van der Waals surface area contributed by atoms with E-state index in [1.807, 2.05) is 0 Å². The van der Waals surface area contributed by atoms with E-state index < -0.39 is 12.0 Å². The van der Waals surface area contributed by atoms with Gasteiger partial charge in [-0.15, -0.1) is 11.8 Å². The van der Waals surface area contributed by atoms with E-state index in [2.05, 4.69) is 5.32 Å². The first-order chi connectivity index (χ1) is 7.18. The van der Waals surface area contributed by atoms with Crippen molar-refractivity contribution in [2.75, 3.05) is 18.2 Å². The molecule has 15 heavy (non-hydrogen) atoms. The highest BCUT2D eigenvalue weighted by molar-refractivity contribution is 7.99. The lowest BCUT2D eigenvalue weighted by molar-refractivity contribution is -0.140. The number of rotatable bonds is 3. The lowest BCUT2D eigenvalue weighted by atomic mass is 10.3. The zero-order chi connectivity index (χ0) is 10.8. The van der Waals surface area contributed by atoms with Gasteiger partial charge in [0.2, 0.25) is 0 Å². The number of aliphatic carboxylic acids is 1. The predicted octanol–water partition coefficient (Wildman–Crippen LogP) is 0.565. The Labute approximate surface area is 92.2 Å². The molecule has 1 atom stereocenters. The summed E-state index contributed by atoms with van der Waals surface area (Å²) in [4.78, 5) is 23.9. The van der Waals surface area contributed by atoms with Crippen LogP contribution < -0.4 is 5.32 Å². The molecule has 1 aliphatic heterocycles. The van der Waals surface area contributed by atoms with E-state index >= 15 is 0 Å². The summed E-state index contributed by atoms with van der Waals surface area (Å²) in [7, 11) is 0. The third kappa shape index (κ3) is 2.56. The van der Waals surface area contributed by atoms with Crippen LogP contribution in [0.15, 0.2) is 0 Å². The van der Waals surface area contributed by atoms with E-state index in [1.165, 1.54) is 29.5 Å². The van der Waals surface area contributed by atoms with Crippen molar-refractivity contribution >= 4 is 23.8 Å². The van der Waals surface area contributed by atoms with E-state index in [0.29, 0.717) is 24.1 Å². The van der Waals surface area contributed by atoms with Gasteiger partial charge in [-0.05, 0) is 18.8 Å². The van der Waals surface area contributed by atoms with Crippen molar-refractivity contribution in [2.45, 2.75) is 18.9 Å². The number of carbonyl (C=O) groups excluding carboxylic acids is 1. The maximum atomic E-state index is 11.6. The highest BCUT2D eigenvalue weighted by Crippen LogP contribution is 2.28. The van der Waals surface area contributed by atoms with Crippen LogP contribution in [0.2, 0.25) is 0 Å². The minimum atomic E-state index is -0.915. The summed E-state index contributed by atoms with van der Waals surface area (Å²) in [5.74, 6) is 0.675. The van der Waals surface area contributed by atoms with Crippen LogP contribution in [0.1, 0.15) is 12.8 Å². The summed E-state index contributed by atoms with van der Waals surface area (Å²) in [5, 5.41) is 11.7. The van der Waals surface area contributed by atoms with Crippen LogP contribution >= 0.6 is 11.8 Å². The molecule has 0 bridgehead atoms. The molecule has 0 spiro atoms. The maximum Gasteiger partial charge on any atom is 0.327 e. The molecule has 2 fully saturated rings. The van der Waals surface area contributed by atoms with Crippen LogP contribution in [0.3, 0.4) is 0 Å². The van der Waals surface area contributed by atoms with Crippen molar-refractivity contribution in [1.29, 1.82) is 0 Å². The summed E-state index contributed by atoms with van der Waals surface area (Å²) >= 11 is 1.48. The number of carbonyl (C=O) groups is 2. The number of hydrogen-bond donors (Lipinski definition) is 2. The van der Waals surface area contributed by atoms with Gasteiger partial charge in [-0.25, -0.2) is 9.59 Å². The summed E-state index contributed by atoms with van der Waals surface area (Å²) in [6.45, 7) is 0.687. The van der Waals surface area contributed by atoms with E-state index in [9.17, 15) is 9.59 Å². The fraction of sp³-hybridized carbons (Fsp3) is 0.778. The monoisotopic (exact) mass is 230 g/mol. The van der Waals surface area contributed by atoms with Crippen molar-refractivity contribution < 1.29 is 14.7 Å². The molecule has 2 amide bonds. The second kappa shape index (κ2) is 4.30. The smallest absolute Gasteiger partial charge is 0.327 e. The SMILES string of the molecule is O=C(O)C1CSCN1C(=O)NCC1CC1. The van der Waals surface area contributed by atoms with Gasteiger partial charge in [-0.3, -0.25) is 0 Å². The fourth-order valence-corrected chi connectivity index (χ4v) is 2.65. The first-order valence-electron chi connectivity index (χ1n) is 5.03. The number of nitrogens with one attached hydrogen (secondary N) is 1. The number of nitrogens with zero attached hydrogens (tertiary/aromatic N) is 1. The molecule has 2 aliphatic rings. The molecule has 0 aromatic carbocycles. The van der Waals surface area contributed by atoms with Crippen LogP contribution in [-0.2, 0) is 4.79 Å². The van der Waals surface area contributed by atoms with Gasteiger partial charge >= 0.3 is 12.0 Å². The number of urea groups is 1. The Balaban J connectivity index is 1.84. The lowest BCUT2D eigenvalue weighted by Crippen LogP contribution is -2.47. The number of thioether (sulfide) groups is 1. The van der Waals surface area contributed by atoms with E-state index in [1.54, 1.807) is 0 Å². The Bertz CT molecular complexity index is 281. The minimum absolute atomic E-state index is 0.237. The second-order valence-corrected chi connectivity index (χ2v) is 4.95. The van der Waals surface area contributed by atoms with Gasteiger partial charge in [0.25, 0.3) is 0 Å². The molecule has 5 nitrogen and oxygen atoms in total. The quantitative estimate of drug-likeness (QED) is 0.743. The molecule has 1 saturated carbocycles. The van der Waals surface area contributed by atoms with Gasteiger partial charge in [0.15, 0.2) is 0 Å². The van der Waals surface area contributed by atoms with Crippen molar-refractivity contribution in [3.63, 3.8) is 0 Å². The van der Waals surface area contributed by atoms with Crippen molar-refractivity contribution in [3.05, 3.63) is 0 Å². The molecule has 0 aromatic heterocycles. The van der Waals surface area contributed by atoms with Gasteiger partial charge in [0.05, 0.1) is 5.88 Å². The lowest BCUT2D eigenvalue weighted by Gasteiger charge is -2.20. The molecule has 84 valence electrons. The first kappa shape index (κ1) is 10.6. The van der Waals surface area contributed by atoms with E-state index in [0.717, 1.165) is 0 Å². The number of hydrogen-bond acceptors (Lipinski definition) is 3. The highest BCUT2D eigenvalue weighted by atomic mass is 32.2. The summed E-state index contributed by atoms with van der Waals surface area (Å²) in [6.07, 6.45) is 2.36. The van der Waals surface area contributed by atoms with Gasteiger partial charge in [-0.1, -0.05) is 0 Å². The van der Waals surface area contributed by atoms with Gasteiger partial charge < -0.3 is 15.3 Å². The Morgan fingerprint density at radius 2 is 2.20 bits per heavy atom. The van der Waals surface area contributed by atoms with Crippen LogP contribution in [0.5, 0.6) is 0 Å². The van der Waals surface area contributed by atoms with Crippen LogP contribution in [0, 0.1) is 5.92 Å². The Kier molecular flexibility index (Phi) is 3.04. The molecule has 1 saturated heterocycles. The van der Waals surface area contributed by atoms with Crippen LogP contribution in [0.4, 0.5) is 4.79 Å². The largest absolute Gasteiger partial charge is 0.480 e. The van der Waals surface area contributed by atoms with Crippen molar-refractivity contribution in [1.82, 2.24) is 10.2 Å². The Morgan fingerprint density at radius 1 is 1.47 bits per heavy atom. The molecule has 0 aromatic rings. The molecule has 6 heteroatoms. The van der Waals surface area contributed by atoms with Crippen molar-refractivity contribution in [3.8, 4) is 0 Å². The zero-order valence-corrected chi connectivity index (χ0v) is 9.13. The number of carboxylic acid groups (broad SMARTS) is 1. The molecule has 2 N–H and O–H groups in total. The topological polar surface area (TPSA) is 69.6 Å². The molecule has 1 aliphatic carbocycles. The molecule has 1 unspecified atom stereocenters. The maximum absolute atomic E-state index is 11.6. The molecular weight excluding hydrogens is 216 g/mol. The van der Waals surface area contributed by atoms with Gasteiger partial charge in [0.1, 0.15) is 6.04 Å². The fourth-order valence-electron chi connectivity index (χ4n) is 1.50. The van der Waals surface area contributed by atoms with Crippen molar-refractivity contribution in [2.24, 2.45) is 5.92 Å². The third-order valence-electron chi connectivity index (χ3n) is 2.67. The van der Waals surface area contributed by atoms with E-state index in [-0.39, 0.29) is 6.03 Å². The van der Waals surface area contributed by atoms with Gasteiger partial charge in [-0.2, -0.15) is 0 Å². The first-order valence-corrected chi connectivity index (χ1v) is 6.19. The molecular formula is C9H14N2O3S. The van der Waals surface area contributed by atoms with Crippen LogP contribution in [0.25, 0.3) is 0 Å². The standard InChI is InChI=1S/C9H14N2O3S/c12-8(13)7-4-15-5-11(7)9(14)10-3-6-1-2-6/h6-7H,1-5H2,(H,10,14)(H,12,13). The average Bonchev–Trinajstić information content (AvgIpc) is 2.88. The Morgan fingerprint density at radius 3 is 2.80 bits per heavy atom. The summed E-state index contributed by atoms with van der Waals surface area (Å²) in [6, 6.07) is -0.895. The molecule has 1 heterocycles. The minimum Gasteiger partial charge on any atom is -0.480 e. The number of amides is 2. The summed E-state index contributed by atoms with van der Waals surface area (Å²) in [5.41, 5.74) is 0. The second-order valence-electron chi connectivity index (χ2n) is 3.95. The average molecular weight is 230 g/mol. The third-order valence-corrected chi connectivity index (χ3v) is 3.68. The molecule has 0 radical (unpaired) electrons. The highest BCUT2D eigenvalue weighted by Gasteiger charge is 2.35. The normalized spacial score (nSPS) is 25.3.